The second kappa shape index (κ2) is 5.28. The zero-order valence-electron chi connectivity index (χ0n) is 12.0. The van der Waals surface area contributed by atoms with E-state index in [0.717, 1.165) is 31.8 Å². The number of aromatic nitrogens is 2. The monoisotopic (exact) mass is 302 g/mol. The minimum atomic E-state index is -0.481. The number of hydrogen-bond donors (Lipinski definition) is 1. The van der Waals surface area contributed by atoms with E-state index in [0.29, 0.717) is 23.6 Å². The summed E-state index contributed by atoms with van der Waals surface area (Å²) in [5.74, 6) is 0.248. The van der Waals surface area contributed by atoms with Crippen LogP contribution in [0.5, 0.6) is 0 Å². The number of nitrogens with one attached hydrogen (secondary N) is 1. The molecule has 114 valence electrons. The molecule has 2 atom stereocenters. The van der Waals surface area contributed by atoms with Crippen LogP contribution in [0.4, 0.5) is 14.7 Å². The van der Waals surface area contributed by atoms with Crippen LogP contribution in [-0.4, -0.2) is 35.6 Å². The lowest BCUT2D eigenvalue weighted by Gasteiger charge is -2.17. The first-order valence-electron chi connectivity index (χ1n) is 7.47. The Morgan fingerprint density at radius 2 is 2.09 bits per heavy atom. The first-order valence-corrected chi connectivity index (χ1v) is 7.47. The molecule has 2 fully saturated rings. The van der Waals surface area contributed by atoms with E-state index in [1.807, 2.05) is 0 Å². The molecule has 1 aromatic carbocycles. The Labute approximate surface area is 127 Å². The molecule has 2 aromatic rings. The van der Waals surface area contributed by atoms with Gasteiger partial charge in [-0.25, -0.2) is 18.7 Å². The molecular formula is C16H16F2N4. The van der Waals surface area contributed by atoms with E-state index in [2.05, 4.69) is 20.2 Å². The maximum Gasteiger partial charge on any atom is 0.225 e. The second-order valence-electron chi connectivity index (χ2n) is 5.88. The van der Waals surface area contributed by atoms with Gasteiger partial charge in [0.15, 0.2) is 0 Å². The summed E-state index contributed by atoms with van der Waals surface area (Å²) in [6.45, 7) is 2.84. The number of nitrogens with zero attached hydrogens (tertiary/aromatic N) is 3. The van der Waals surface area contributed by atoms with Crippen molar-refractivity contribution in [1.82, 2.24) is 15.3 Å². The van der Waals surface area contributed by atoms with E-state index in [4.69, 9.17) is 0 Å². The molecule has 1 N–H and O–H groups in total. The van der Waals surface area contributed by atoms with Gasteiger partial charge in [0, 0.05) is 30.9 Å². The molecule has 2 aliphatic rings. The molecule has 22 heavy (non-hydrogen) atoms. The Morgan fingerprint density at radius 1 is 1.18 bits per heavy atom. The number of anilines is 1. The highest BCUT2D eigenvalue weighted by Crippen LogP contribution is 2.29. The van der Waals surface area contributed by atoms with Crippen LogP contribution in [0.15, 0.2) is 30.5 Å². The summed E-state index contributed by atoms with van der Waals surface area (Å²) < 4.78 is 27.3. The summed E-state index contributed by atoms with van der Waals surface area (Å²) in [6.07, 6.45) is 2.77. The van der Waals surface area contributed by atoms with Crippen LogP contribution in [0.1, 0.15) is 6.42 Å². The van der Waals surface area contributed by atoms with Gasteiger partial charge in [0.1, 0.15) is 11.6 Å². The van der Waals surface area contributed by atoms with Crippen molar-refractivity contribution < 1.29 is 8.78 Å². The highest BCUT2D eigenvalue weighted by atomic mass is 19.1. The van der Waals surface area contributed by atoms with Crippen molar-refractivity contribution in [2.45, 2.75) is 12.5 Å². The second-order valence-corrected chi connectivity index (χ2v) is 5.88. The summed E-state index contributed by atoms with van der Waals surface area (Å²) in [5, 5.41) is 3.47. The molecule has 0 amide bonds. The Morgan fingerprint density at radius 3 is 2.95 bits per heavy atom. The van der Waals surface area contributed by atoms with Gasteiger partial charge in [-0.05, 0) is 43.1 Å². The molecule has 0 aliphatic carbocycles. The average Bonchev–Trinajstić information content (AvgIpc) is 3.11. The molecule has 4 nitrogen and oxygen atoms in total. The molecule has 6 heteroatoms. The molecular weight excluding hydrogens is 286 g/mol. The van der Waals surface area contributed by atoms with Crippen LogP contribution in [0.2, 0.25) is 0 Å². The van der Waals surface area contributed by atoms with Crippen LogP contribution in [0, 0.1) is 17.6 Å². The van der Waals surface area contributed by atoms with Gasteiger partial charge in [-0.15, -0.1) is 0 Å². The number of fused-ring (bicyclic) bond motifs is 1. The predicted molar refractivity (Wildman–Crippen MR) is 79.5 cm³/mol. The lowest BCUT2D eigenvalue weighted by molar-refractivity contribution is 0.556. The Bertz CT molecular complexity index is 694. The van der Waals surface area contributed by atoms with Gasteiger partial charge in [0.25, 0.3) is 0 Å². The Kier molecular flexibility index (Phi) is 3.26. The van der Waals surface area contributed by atoms with Crippen LogP contribution in [-0.2, 0) is 0 Å². The van der Waals surface area contributed by atoms with E-state index in [1.54, 1.807) is 12.3 Å². The maximum atomic E-state index is 13.9. The van der Waals surface area contributed by atoms with Crippen molar-refractivity contribution in [3.8, 4) is 11.3 Å². The molecule has 2 saturated heterocycles. The summed E-state index contributed by atoms with van der Waals surface area (Å²) >= 11 is 0. The lowest BCUT2D eigenvalue weighted by Crippen LogP contribution is -2.30. The molecule has 4 rings (SSSR count). The highest BCUT2D eigenvalue weighted by Gasteiger charge is 2.36. The van der Waals surface area contributed by atoms with Gasteiger partial charge in [0.2, 0.25) is 5.95 Å². The van der Waals surface area contributed by atoms with E-state index >= 15 is 0 Å². The Hall–Kier alpha value is -2.08. The van der Waals surface area contributed by atoms with Crippen molar-refractivity contribution in [3.63, 3.8) is 0 Å². The number of halogens is 2. The zero-order chi connectivity index (χ0) is 15.1. The van der Waals surface area contributed by atoms with Crippen molar-refractivity contribution >= 4 is 5.95 Å². The lowest BCUT2D eigenvalue weighted by atomic mass is 10.1. The van der Waals surface area contributed by atoms with Crippen LogP contribution >= 0.6 is 0 Å². The third-order valence-corrected chi connectivity index (χ3v) is 4.49. The summed E-state index contributed by atoms with van der Waals surface area (Å²) in [4.78, 5) is 10.8. The van der Waals surface area contributed by atoms with Gasteiger partial charge in [-0.1, -0.05) is 0 Å². The fourth-order valence-electron chi connectivity index (χ4n) is 3.36. The molecule has 0 saturated carbocycles. The van der Waals surface area contributed by atoms with Crippen LogP contribution in [0.25, 0.3) is 11.3 Å². The smallest absolute Gasteiger partial charge is 0.225 e. The van der Waals surface area contributed by atoms with Gasteiger partial charge < -0.3 is 10.2 Å². The fourth-order valence-corrected chi connectivity index (χ4v) is 3.36. The van der Waals surface area contributed by atoms with E-state index in [1.165, 1.54) is 12.5 Å². The maximum absolute atomic E-state index is 13.9. The summed E-state index contributed by atoms with van der Waals surface area (Å²) in [6, 6.07) is 5.49. The largest absolute Gasteiger partial charge is 0.339 e. The number of hydrogen-bond acceptors (Lipinski definition) is 4. The highest BCUT2D eigenvalue weighted by molar-refractivity contribution is 5.61. The standard InChI is InChI=1S/C16H16F2N4/c17-11-1-2-13(18)12(7-11)14-4-6-20-16(21-14)22-8-10-3-5-19-15(10)9-22/h1-2,4,6-7,10,15,19H,3,5,8-9H2/t10-,15+/m0/s1. The van der Waals surface area contributed by atoms with Gasteiger partial charge >= 0.3 is 0 Å². The van der Waals surface area contributed by atoms with Crippen LogP contribution in [0.3, 0.4) is 0 Å². The van der Waals surface area contributed by atoms with Crippen molar-refractivity contribution in [2.24, 2.45) is 5.92 Å². The quantitative estimate of drug-likeness (QED) is 0.923. The molecule has 0 radical (unpaired) electrons. The van der Waals surface area contributed by atoms with Gasteiger partial charge in [-0.2, -0.15) is 0 Å². The SMILES string of the molecule is Fc1ccc(F)c(-c2ccnc(N3C[C@@H]4CCN[C@@H]4C3)n2)c1. The minimum absolute atomic E-state index is 0.168. The molecule has 1 aromatic heterocycles. The fraction of sp³-hybridized carbons (Fsp3) is 0.375. The van der Waals surface area contributed by atoms with Crippen molar-refractivity contribution in [1.29, 1.82) is 0 Å². The van der Waals surface area contributed by atoms with E-state index in [-0.39, 0.29) is 5.56 Å². The first kappa shape index (κ1) is 13.6. The molecule has 3 heterocycles. The summed E-state index contributed by atoms with van der Waals surface area (Å²) in [7, 11) is 0. The third kappa shape index (κ3) is 2.33. The van der Waals surface area contributed by atoms with Crippen LogP contribution < -0.4 is 10.2 Å². The Balaban J connectivity index is 1.65. The summed E-state index contributed by atoms with van der Waals surface area (Å²) in [5.41, 5.74) is 0.577. The number of benzene rings is 1. The zero-order valence-corrected chi connectivity index (χ0v) is 12.0. The molecule has 0 unspecified atom stereocenters. The van der Waals surface area contributed by atoms with E-state index < -0.39 is 11.6 Å². The van der Waals surface area contributed by atoms with Crippen molar-refractivity contribution in [2.75, 3.05) is 24.5 Å². The van der Waals surface area contributed by atoms with Crippen molar-refractivity contribution in [3.05, 3.63) is 42.1 Å². The minimum Gasteiger partial charge on any atom is -0.339 e. The first-order chi connectivity index (χ1) is 10.7. The normalized spacial score (nSPS) is 23.8. The number of rotatable bonds is 2. The molecule has 2 aliphatic heterocycles. The van der Waals surface area contributed by atoms with Gasteiger partial charge in [-0.3, -0.25) is 0 Å². The van der Waals surface area contributed by atoms with Gasteiger partial charge in [0.05, 0.1) is 5.69 Å². The average molecular weight is 302 g/mol. The topological polar surface area (TPSA) is 41.1 Å². The van der Waals surface area contributed by atoms with E-state index in [9.17, 15) is 8.78 Å². The molecule has 0 bridgehead atoms. The third-order valence-electron chi connectivity index (χ3n) is 4.49. The molecule has 0 spiro atoms. The predicted octanol–water partition coefficient (Wildman–Crippen LogP) is 2.22.